The maximum atomic E-state index is 13.2. The minimum absolute atomic E-state index is 0.112. The number of nitrogens with zero attached hydrogens (tertiary/aromatic N) is 1. The lowest BCUT2D eigenvalue weighted by Gasteiger charge is -2.27. The topological polar surface area (TPSA) is 49.4 Å². The Kier molecular flexibility index (Phi) is 4.47. The Bertz CT molecular complexity index is 998. The van der Waals surface area contributed by atoms with Crippen molar-refractivity contribution in [3.63, 3.8) is 0 Å². The molecule has 1 aliphatic rings. The van der Waals surface area contributed by atoms with Gasteiger partial charge in [-0.15, -0.1) is 0 Å². The number of para-hydroxylation sites is 1. The molecule has 4 nitrogen and oxygen atoms in total. The van der Waals surface area contributed by atoms with Gasteiger partial charge in [-0.25, -0.2) is 0 Å². The van der Waals surface area contributed by atoms with Gasteiger partial charge in [0.15, 0.2) is 0 Å². The highest BCUT2D eigenvalue weighted by Crippen LogP contribution is 2.32. The third-order valence-corrected chi connectivity index (χ3v) is 4.93. The summed E-state index contributed by atoms with van der Waals surface area (Å²) in [7, 11) is 0. The SMILES string of the molecule is Cc1ccccc1NC(=O)[C@H](c1ccccc1)N1Cc2ccccc2C1=O. The van der Waals surface area contributed by atoms with E-state index >= 15 is 0 Å². The third-order valence-electron chi connectivity index (χ3n) is 4.93. The fourth-order valence-corrected chi connectivity index (χ4v) is 3.51. The zero-order valence-electron chi connectivity index (χ0n) is 15.1. The number of rotatable bonds is 4. The number of amides is 2. The monoisotopic (exact) mass is 356 g/mol. The summed E-state index contributed by atoms with van der Waals surface area (Å²) in [6.07, 6.45) is 0. The van der Waals surface area contributed by atoms with E-state index in [9.17, 15) is 9.59 Å². The number of fused-ring (bicyclic) bond motifs is 1. The lowest BCUT2D eigenvalue weighted by molar-refractivity contribution is -0.120. The largest absolute Gasteiger partial charge is 0.324 e. The van der Waals surface area contributed by atoms with Crippen LogP contribution >= 0.6 is 0 Å². The molecule has 1 N–H and O–H groups in total. The zero-order valence-corrected chi connectivity index (χ0v) is 15.1. The number of aryl methyl sites for hydroxylation is 1. The summed E-state index contributed by atoms with van der Waals surface area (Å²) in [5, 5.41) is 3.00. The number of carbonyl (C=O) groups is 2. The van der Waals surface area contributed by atoms with Crippen LogP contribution in [-0.2, 0) is 11.3 Å². The molecule has 3 aromatic rings. The van der Waals surface area contributed by atoms with Gasteiger partial charge in [-0.3, -0.25) is 9.59 Å². The van der Waals surface area contributed by atoms with E-state index in [1.165, 1.54) is 0 Å². The molecule has 0 aliphatic carbocycles. The summed E-state index contributed by atoms with van der Waals surface area (Å²) >= 11 is 0. The van der Waals surface area contributed by atoms with Gasteiger partial charge < -0.3 is 10.2 Å². The van der Waals surface area contributed by atoms with Crippen molar-refractivity contribution in [2.75, 3.05) is 5.32 Å². The summed E-state index contributed by atoms with van der Waals surface area (Å²) in [5.41, 5.74) is 4.15. The minimum Gasteiger partial charge on any atom is -0.324 e. The molecule has 2 amide bonds. The molecule has 1 atom stereocenters. The van der Waals surface area contributed by atoms with Crippen molar-refractivity contribution in [2.24, 2.45) is 0 Å². The van der Waals surface area contributed by atoms with Crippen LogP contribution in [0.4, 0.5) is 5.69 Å². The summed E-state index contributed by atoms with van der Waals surface area (Å²) in [4.78, 5) is 27.9. The summed E-state index contributed by atoms with van der Waals surface area (Å²) in [5.74, 6) is -0.323. The van der Waals surface area contributed by atoms with Crippen molar-refractivity contribution in [1.29, 1.82) is 0 Å². The Morgan fingerprint density at radius 3 is 2.33 bits per heavy atom. The molecule has 0 unspecified atom stereocenters. The lowest BCUT2D eigenvalue weighted by atomic mass is 10.0. The van der Waals surface area contributed by atoms with E-state index in [4.69, 9.17) is 0 Å². The van der Waals surface area contributed by atoms with Crippen LogP contribution in [0.15, 0.2) is 78.9 Å². The maximum absolute atomic E-state index is 13.2. The number of hydrogen-bond acceptors (Lipinski definition) is 2. The Balaban J connectivity index is 1.70. The van der Waals surface area contributed by atoms with Crippen LogP contribution in [0, 0.1) is 6.92 Å². The summed E-state index contributed by atoms with van der Waals surface area (Å²) < 4.78 is 0. The van der Waals surface area contributed by atoms with Crippen molar-refractivity contribution < 1.29 is 9.59 Å². The Morgan fingerprint density at radius 1 is 0.926 bits per heavy atom. The van der Waals surface area contributed by atoms with Gasteiger partial charge in [-0.2, -0.15) is 0 Å². The molecule has 0 spiro atoms. The molecule has 27 heavy (non-hydrogen) atoms. The highest BCUT2D eigenvalue weighted by Gasteiger charge is 2.37. The van der Waals surface area contributed by atoms with E-state index < -0.39 is 6.04 Å². The van der Waals surface area contributed by atoms with E-state index in [1.807, 2.05) is 85.8 Å². The second kappa shape index (κ2) is 7.08. The number of anilines is 1. The first-order chi connectivity index (χ1) is 13.1. The Morgan fingerprint density at radius 2 is 1.59 bits per heavy atom. The smallest absolute Gasteiger partial charge is 0.255 e. The van der Waals surface area contributed by atoms with E-state index in [0.29, 0.717) is 12.1 Å². The predicted octanol–water partition coefficient (Wildman–Crippen LogP) is 4.33. The van der Waals surface area contributed by atoms with E-state index in [2.05, 4.69) is 5.32 Å². The molecule has 0 saturated heterocycles. The van der Waals surface area contributed by atoms with E-state index in [0.717, 1.165) is 22.4 Å². The van der Waals surface area contributed by atoms with Gasteiger partial charge in [0.1, 0.15) is 6.04 Å². The molecule has 3 aromatic carbocycles. The van der Waals surface area contributed by atoms with Crippen LogP contribution in [0.25, 0.3) is 0 Å². The van der Waals surface area contributed by atoms with Crippen molar-refractivity contribution in [2.45, 2.75) is 19.5 Å². The van der Waals surface area contributed by atoms with Crippen LogP contribution in [0.3, 0.4) is 0 Å². The molecule has 0 fully saturated rings. The fraction of sp³-hybridized carbons (Fsp3) is 0.130. The first kappa shape index (κ1) is 17.0. The molecule has 4 rings (SSSR count). The van der Waals surface area contributed by atoms with Crippen molar-refractivity contribution >= 4 is 17.5 Å². The molecule has 0 saturated carbocycles. The van der Waals surface area contributed by atoms with Gasteiger partial charge in [0.05, 0.1) is 0 Å². The predicted molar refractivity (Wildman–Crippen MR) is 105 cm³/mol. The molecule has 0 aromatic heterocycles. The van der Waals surface area contributed by atoms with Crippen molar-refractivity contribution in [3.8, 4) is 0 Å². The average molecular weight is 356 g/mol. The van der Waals surface area contributed by atoms with Crippen molar-refractivity contribution in [1.82, 2.24) is 4.90 Å². The lowest BCUT2D eigenvalue weighted by Crippen LogP contribution is -2.37. The van der Waals surface area contributed by atoms with Gasteiger partial charge in [0.25, 0.3) is 11.8 Å². The van der Waals surface area contributed by atoms with Gasteiger partial charge in [0.2, 0.25) is 0 Å². The van der Waals surface area contributed by atoms with Crippen LogP contribution in [0.1, 0.15) is 33.1 Å². The van der Waals surface area contributed by atoms with Gasteiger partial charge in [-0.05, 0) is 35.7 Å². The quantitative estimate of drug-likeness (QED) is 0.756. The standard InChI is InChI=1S/C23H20N2O2/c1-16-9-5-8-14-20(16)24-22(26)21(17-10-3-2-4-11-17)25-15-18-12-6-7-13-19(18)23(25)27/h2-14,21H,15H2,1H3,(H,24,26)/t21-/m0/s1. The first-order valence-corrected chi connectivity index (χ1v) is 8.95. The Labute approximate surface area is 158 Å². The highest BCUT2D eigenvalue weighted by atomic mass is 16.2. The number of hydrogen-bond donors (Lipinski definition) is 1. The van der Waals surface area contributed by atoms with Gasteiger partial charge in [0, 0.05) is 17.8 Å². The van der Waals surface area contributed by atoms with E-state index in [-0.39, 0.29) is 11.8 Å². The molecule has 4 heteroatoms. The van der Waals surface area contributed by atoms with Crippen molar-refractivity contribution in [3.05, 3.63) is 101 Å². The fourth-order valence-electron chi connectivity index (χ4n) is 3.51. The normalized spacial score (nSPS) is 14.0. The minimum atomic E-state index is -0.689. The second-order valence-corrected chi connectivity index (χ2v) is 6.71. The van der Waals surface area contributed by atoms with Gasteiger partial charge in [-0.1, -0.05) is 66.7 Å². The average Bonchev–Trinajstić information content (AvgIpc) is 3.01. The number of carbonyl (C=O) groups excluding carboxylic acids is 2. The highest BCUT2D eigenvalue weighted by molar-refractivity contribution is 6.04. The molecular weight excluding hydrogens is 336 g/mol. The molecule has 1 aliphatic heterocycles. The summed E-state index contributed by atoms with van der Waals surface area (Å²) in [6, 6.07) is 23.9. The van der Waals surface area contributed by atoms with Crippen LogP contribution in [0.2, 0.25) is 0 Å². The molecule has 0 radical (unpaired) electrons. The molecule has 1 heterocycles. The summed E-state index contributed by atoms with van der Waals surface area (Å²) in [6.45, 7) is 2.37. The van der Waals surface area contributed by atoms with Crippen LogP contribution < -0.4 is 5.32 Å². The second-order valence-electron chi connectivity index (χ2n) is 6.71. The Hall–Kier alpha value is -3.40. The van der Waals surface area contributed by atoms with Crippen LogP contribution in [-0.4, -0.2) is 16.7 Å². The first-order valence-electron chi connectivity index (χ1n) is 8.95. The number of nitrogens with one attached hydrogen (secondary N) is 1. The molecular formula is C23H20N2O2. The van der Waals surface area contributed by atoms with Crippen LogP contribution in [0.5, 0.6) is 0 Å². The third kappa shape index (κ3) is 3.22. The van der Waals surface area contributed by atoms with E-state index in [1.54, 1.807) is 4.90 Å². The number of benzene rings is 3. The van der Waals surface area contributed by atoms with Gasteiger partial charge >= 0.3 is 0 Å². The molecule has 0 bridgehead atoms. The molecule has 134 valence electrons. The zero-order chi connectivity index (χ0) is 18.8. The maximum Gasteiger partial charge on any atom is 0.255 e.